The third-order valence-electron chi connectivity index (χ3n) is 6.08. The number of hydrogen-bond acceptors (Lipinski definition) is 4. The molecule has 31 heavy (non-hydrogen) atoms. The second-order valence-corrected chi connectivity index (χ2v) is 8.76. The van der Waals surface area contributed by atoms with Crippen molar-refractivity contribution in [2.24, 2.45) is 11.0 Å². The molecule has 1 N–H and O–H groups in total. The van der Waals surface area contributed by atoms with Crippen molar-refractivity contribution in [3.63, 3.8) is 0 Å². The normalized spacial score (nSPS) is 17.3. The predicted octanol–water partition coefficient (Wildman–Crippen LogP) is 5.02. The largest absolute Gasteiger partial charge is 0.326 e. The number of nitrogens with zero attached hydrogens (tertiary/aromatic N) is 3. The van der Waals surface area contributed by atoms with Crippen LogP contribution in [-0.2, 0) is 11.3 Å². The maximum absolute atomic E-state index is 12.0. The van der Waals surface area contributed by atoms with Gasteiger partial charge < -0.3 is 5.32 Å². The molecule has 4 rings (SSSR count). The molecule has 5 heteroatoms. The summed E-state index contributed by atoms with van der Waals surface area (Å²) < 4.78 is 0. The molecular formula is C26H32N4O. The van der Waals surface area contributed by atoms with Gasteiger partial charge in [0.1, 0.15) is 0 Å². The zero-order valence-corrected chi connectivity index (χ0v) is 18.5. The molecule has 0 unspecified atom stereocenters. The Morgan fingerprint density at radius 1 is 1.13 bits per heavy atom. The van der Waals surface area contributed by atoms with Crippen LogP contribution >= 0.6 is 0 Å². The molecular weight excluding hydrogens is 384 g/mol. The van der Waals surface area contributed by atoms with Gasteiger partial charge in [-0.25, -0.2) is 0 Å². The molecule has 0 aromatic heterocycles. The average Bonchev–Trinajstić information content (AvgIpc) is 2.81. The van der Waals surface area contributed by atoms with Gasteiger partial charge >= 0.3 is 0 Å². The first-order valence-electron chi connectivity index (χ1n) is 11.3. The Morgan fingerprint density at radius 2 is 1.90 bits per heavy atom. The molecule has 2 heterocycles. The number of piperidine rings is 1. The Labute approximate surface area is 185 Å². The van der Waals surface area contributed by atoms with Crippen molar-refractivity contribution in [2.45, 2.75) is 39.2 Å². The van der Waals surface area contributed by atoms with Crippen LogP contribution in [-0.4, -0.2) is 36.7 Å². The number of hydrogen-bond donors (Lipinski definition) is 1. The number of allylic oxidation sites excluding steroid dienone is 1. The zero-order valence-electron chi connectivity index (χ0n) is 18.5. The molecule has 1 saturated heterocycles. The Balaban J connectivity index is 1.29. The van der Waals surface area contributed by atoms with E-state index in [4.69, 9.17) is 0 Å². The molecule has 1 amide bonds. The summed E-state index contributed by atoms with van der Waals surface area (Å²) in [5.41, 5.74) is 4.72. The van der Waals surface area contributed by atoms with Gasteiger partial charge in [0, 0.05) is 24.4 Å². The lowest BCUT2D eigenvalue weighted by Crippen LogP contribution is -2.32. The highest BCUT2D eigenvalue weighted by molar-refractivity contribution is 5.92. The minimum atomic E-state index is -0.00891. The zero-order chi connectivity index (χ0) is 21.6. The van der Waals surface area contributed by atoms with Crippen LogP contribution in [0.2, 0.25) is 0 Å². The fourth-order valence-electron chi connectivity index (χ4n) is 4.17. The van der Waals surface area contributed by atoms with Crippen LogP contribution < -0.4 is 10.3 Å². The lowest BCUT2D eigenvalue weighted by molar-refractivity contribution is -0.118. The standard InChI is InChI=1S/C26H32N4O/c1-20(2)26(31)28-24-7-5-6-23(18-24)22-12-16-29(17-13-22)19-21-8-10-25(11-9-21)30-15-4-3-14-27-30/h3-11,14,18,20,22H,12-13,15-17,19H2,1-2H3,(H,28,31). The van der Waals surface area contributed by atoms with Gasteiger partial charge in [0.05, 0.1) is 12.2 Å². The second kappa shape index (κ2) is 9.92. The summed E-state index contributed by atoms with van der Waals surface area (Å²) in [7, 11) is 0. The third kappa shape index (κ3) is 5.61. The number of hydrazone groups is 1. The molecule has 2 aliphatic heterocycles. The fraction of sp³-hybridized carbons (Fsp3) is 0.385. The van der Waals surface area contributed by atoms with Gasteiger partial charge in [-0.2, -0.15) is 5.10 Å². The van der Waals surface area contributed by atoms with E-state index in [-0.39, 0.29) is 11.8 Å². The molecule has 0 bridgehead atoms. The number of benzene rings is 2. The van der Waals surface area contributed by atoms with E-state index in [1.54, 1.807) is 0 Å². The number of carbonyl (C=O) groups excluding carboxylic acids is 1. The summed E-state index contributed by atoms with van der Waals surface area (Å²) in [4.78, 5) is 14.5. The monoisotopic (exact) mass is 416 g/mol. The van der Waals surface area contributed by atoms with Crippen molar-refractivity contribution in [2.75, 3.05) is 30.0 Å². The first-order chi connectivity index (χ1) is 15.1. The van der Waals surface area contributed by atoms with Gasteiger partial charge in [-0.05, 0) is 73.3 Å². The van der Waals surface area contributed by atoms with E-state index >= 15 is 0 Å². The lowest BCUT2D eigenvalue weighted by Gasteiger charge is -2.32. The smallest absolute Gasteiger partial charge is 0.226 e. The highest BCUT2D eigenvalue weighted by Crippen LogP contribution is 2.30. The van der Waals surface area contributed by atoms with E-state index in [0.29, 0.717) is 5.92 Å². The van der Waals surface area contributed by atoms with Crippen molar-refractivity contribution in [1.82, 2.24) is 4.90 Å². The first kappa shape index (κ1) is 21.3. The molecule has 2 aliphatic rings. The predicted molar refractivity (Wildman–Crippen MR) is 129 cm³/mol. The van der Waals surface area contributed by atoms with E-state index in [2.05, 4.69) is 63.9 Å². The number of amides is 1. The van der Waals surface area contributed by atoms with Gasteiger partial charge in [-0.15, -0.1) is 0 Å². The Hall–Kier alpha value is -2.92. The van der Waals surface area contributed by atoms with Gasteiger partial charge in [0.25, 0.3) is 0 Å². The van der Waals surface area contributed by atoms with Crippen LogP contribution in [0.3, 0.4) is 0 Å². The quantitative estimate of drug-likeness (QED) is 0.719. The molecule has 0 atom stereocenters. The van der Waals surface area contributed by atoms with Crippen LogP contribution in [0.15, 0.2) is 65.8 Å². The minimum absolute atomic E-state index is 0.00891. The minimum Gasteiger partial charge on any atom is -0.326 e. The number of nitrogens with one attached hydrogen (secondary N) is 1. The van der Waals surface area contributed by atoms with Gasteiger partial charge in [-0.1, -0.05) is 44.2 Å². The van der Waals surface area contributed by atoms with Crippen LogP contribution in [0, 0.1) is 5.92 Å². The molecule has 0 aliphatic carbocycles. The van der Waals surface area contributed by atoms with Gasteiger partial charge in [0.15, 0.2) is 0 Å². The number of carbonyl (C=O) groups is 1. The number of rotatable bonds is 6. The van der Waals surface area contributed by atoms with E-state index < -0.39 is 0 Å². The fourth-order valence-corrected chi connectivity index (χ4v) is 4.17. The highest BCUT2D eigenvalue weighted by atomic mass is 16.1. The van der Waals surface area contributed by atoms with E-state index in [9.17, 15) is 4.79 Å². The molecule has 0 spiro atoms. The van der Waals surface area contributed by atoms with Gasteiger partial charge in [0.2, 0.25) is 5.91 Å². The molecule has 1 fully saturated rings. The van der Waals surface area contributed by atoms with Crippen LogP contribution in [0.25, 0.3) is 0 Å². The summed E-state index contributed by atoms with van der Waals surface area (Å²) in [6.07, 6.45) is 8.21. The van der Waals surface area contributed by atoms with E-state index in [0.717, 1.165) is 50.4 Å². The number of anilines is 2. The van der Waals surface area contributed by atoms with Crippen molar-refractivity contribution in [1.29, 1.82) is 0 Å². The number of likely N-dealkylation sites (tertiary alicyclic amines) is 1. The molecule has 2 aromatic rings. The molecule has 162 valence electrons. The SMILES string of the molecule is CC(C)C(=O)Nc1cccc(C2CCN(Cc3ccc(N4CC=CC=N4)cc3)CC2)c1. The molecule has 5 nitrogen and oxygen atoms in total. The molecule has 2 aromatic carbocycles. The Bertz CT molecular complexity index is 940. The van der Waals surface area contributed by atoms with E-state index in [1.807, 2.05) is 37.2 Å². The average molecular weight is 417 g/mol. The summed E-state index contributed by atoms with van der Waals surface area (Å²) >= 11 is 0. The summed E-state index contributed by atoms with van der Waals surface area (Å²) in [6.45, 7) is 7.83. The second-order valence-electron chi connectivity index (χ2n) is 8.76. The van der Waals surface area contributed by atoms with Crippen LogP contribution in [0.4, 0.5) is 11.4 Å². The van der Waals surface area contributed by atoms with Crippen LogP contribution in [0.1, 0.15) is 43.7 Å². The van der Waals surface area contributed by atoms with Crippen molar-refractivity contribution >= 4 is 23.5 Å². The maximum Gasteiger partial charge on any atom is 0.226 e. The summed E-state index contributed by atoms with van der Waals surface area (Å²) in [6, 6.07) is 17.1. The van der Waals surface area contributed by atoms with Crippen molar-refractivity contribution in [3.8, 4) is 0 Å². The molecule has 0 saturated carbocycles. The molecule has 0 radical (unpaired) electrons. The summed E-state index contributed by atoms with van der Waals surface area (Å²) in [5, 5.41) is 9.43. The van der Waals surface area contributed by atoms with Crippen molar-refractivity contribution in [3.05, 3.63) is 71.8 Å². The van der Waals surface area contributed by atoms with E-state index in [1.165, 1.54) is 11.1 Å². The third-order valence-corrected chi connectivity index (χ3v) is 6.08. The van der Waals surface area contributed by atoms with Crippen molar-refractivity contribution < 1.29 is 4.79 Å². The Morgan fingerprint density at radius 3 is 2.58 bits per heavy atom. The topological polar surface area (TPSA) is 47.9 Å². The highest BCUT2D eigenvalue weighted by Gasteiger charge is 2.21. The first-order valence-corrected chi connectivity index (χ1v) is 11.3. The lowest BCUT2D eigenvalue weighted by atomic mass is 9.89. The van der Waals surface area contributed by atoms with Crippen LogP contribution in [0.5, 0.6) is 0 Å². The Kier molecular flexibility index (Phi) is 6.82. The maximum atomic E-state index is 12.0. The summed E-state index contributed by atoms with van der Waals surface area (Å²) in [5.74, 6) is 0.617. The van der Waals surface area contributed by atoms with Gasteiger partial charge in [-0.3, -0.25) is 14.7 Å².